The largest absolute Gasteiger partial charge is 0.369 e. The summed E-state index contributed by atoms with van der Waals surface area (Å²) >= 11 is 0. The molecule has 1 aliphatic heterocycles. The molecule has 1 unspecified atom stereocenters. The molecule has 1 atom stereocenters. The monoisotopic (exact) mass is 126 g/mol. The number of hydrogen-bond donors (Lipinski definition) is 0. The Labute approximate surface area is 54.6 Å². The van der Waals surface area contributed by atoms with Crippen LogP contribution in [0, 0.1) is 0 Å². The third kappa shape index (κ3) is 1.22. The highest BCUT2D eigenvalue weighted by molar-refractivity contribution is 5.55. The van der Waals surface area contributed by atoms with E-state index in [0.29, 0.717) is 0 Å². The molecule has 0 saturated heterocycles. The standard InChI is InChI=1S/C6H10N2O/c1-3-4-8-5-7-9-6(8)2/h3,5-6H,1,4H2,2H3. The summed E-state index contributed by atoms with van der Waals surface area (Å²) in [5.41, 5.74) is 0. The average molecular weight is 126 g/mol. The van der Waals surface area contributed by atoms with Gasteiger partial charge in [-0.15, -0.1) is 6.58 Å². The van der Waals surface area contributed by atoms with Gasteiger partial charge < -0.3 is 9.74 Å². The van der Waals surface area contributed by atoms with Gasteiger partial charge in [0.25, 0.3) is 0 Å². The Morgan fingerprint density at radius 1 is 2.00 bits per heavy atom. The van der Waals surface area contributed by atoms with Crippen LogP contribution in [0.2, 0.25) is 0 Å². The van der Waals surface area contributed by atoms with Gasteiger partial charge in [-0.3, -0.25) is 0 Å². The van der Waals surface area contributed by atoms with E-state index in [0.717, 1.165) is 6.54 Å². The maximum atomic E-state index is 4.87. The van der Waals surface area contributed by atoms with E-state index in [1.54, 1.807) is 6.34 Å². The van der Waals surface area contributed by atoms with Crippen LogP contribution in [0.4, 0.5) is 0 Å². The Kier molecular flexibility index (Phi) is 1.72. The van der Waals surface area contributed by atoms with E-state index in [4.69, 9.17) is 4.84 Å². The minimum atomic E-state index is 0.0722. The van der Waals surface area contributed by atoms with Crippen molar-refractivity contribution in [1.29, 1.82) is 0 Å². The lowest BCUT2D eigenvalue weighted by molar-refractivity contribution is 0.0301. The van der Waals surface area contributed by atoms with Gasteiger partial charge in [0.2, 0.25) is 0 Å². The Morgan fingerprint density at radius 2 is 2.78 bits per heavy atom. The highest BCUT2D eigenvalue weighted by Gasteiger charge is 2.13. The summed E-state index contributed by atoms with van der Waals surface area (Å²) in [6.07, 6.45) is 3.56. The molecule has 0 aliphatic carbocycles. The second kappa shape index (κ2) is 2.53. The van der Waals surface area contributed by atoms with Gasteiger partial charge in [0.1, 0.15) is 6.34 Å². The van der Waals surface area contributed by atoms with E-state index < -0.39 is 0 Å². The molecule has 0 aromatic rings. The van der Waals surface area contributed by atoms with Gasteiger partial charge in [-0.1, -0.05) is 11.2 Å². The van der Waals surface area contributed by atoms with Gasteiger partial charge >= 0.3 is 0 Å². The van der Waals surface area contributed by atoms with Crippen molar-refractivity contribution >= 4 is 6.34 Å². The SMILES string of the molecule is C=CCN1C=NOC1C. The highest BCUT2D eigenvalue weighted by atomic mass is 16.7. The summed E-state index contributed by atoms with van der Waals surface area (Å²) in [5.74, 6) is 0. The molecule has 50 valence electrons. The van der Waals surface area contributed by atoms with Crippen LogP contribution in [0.1, 0.15) is 6.92 Å². The first-order valence-corrected chi connectivity index (χ1v) is 2.90. The zero-order valence-corrected chi connectivity index (χ0v) is 5.45. The van der Waals surface area contributed by atoms with Crippen molar-refractivity contribution in [2.75, 3.05) is 6.54 Å². The van der Waals surface area contributed by atoms with Crippen molar-refractivity contribution in [3.63, 3.8) is 0 Å². The number of rotatable bonds is 2. The van der Waals surface area contributed by atoms with Crippen LogP contribution in [0.15, 0.2) is 17.8 Å². The van der Waals surface area contributed by atoms with Crippen molar-refractivity contribution in [2.45, 2.75) is 13.2 Å². The van der Waals surface area contributed by atoms with Crippen LogP contribution < -0.4 is 0 Å². The Bertz CT molecular complexity index is 133. The quantitative estimate of drug-likeness (QED) is 0.511. The van der Waals surface area contributed by atoms with Gasteiger partial charge in [0, 0.05) is 6.54 Å². The minimum Gasteiger partial charge on any atom is -0.369 e. The molecule has 0 N–H and O–H groups in total. The van der Waals surface area contributed by atoms with Crippen molar-refractivity contribution in [3.8, 4) is 0 Å². The molecule has 1 heterocycles. The molecule has 0 saturated carbocycles. The second-order valence-electron chi connectivity index (χ2n) is 1.91. The van der Waals surface area contributed by atoms with Crippen LogP contribution in [0.25, 0.3) is 0 Å². The fourth-order valence-electron chi connectivity index (χ4n) is 0.675. The molecule has 0 amide bonds. The Morgan fingerprint density at radius 3 is 3.22 bits per heavy atom. The van der Waals surface area contributed by atoms with E-state index in [-0.39, 0.29) is 6.23 Å². The number of oxime groups is 1. The first-order chi connectivity index (χ1) is 4.34. The van der Waals surface area contributed by atoms with E-state index in [9.17, 15) is 0 Å². The Balaban J connectivity index is 2.39. The molecule has 0 spiro atoms. The van der Waals surface area contributed by atoms with Gasteiger partial charge in [0.15, 0.2) is 6.23 Å². The zero-order valence-electron chi connectivity index (χ0n) is 5.45. The molecule has 9 heavy (non-hydrogen) atoms. The van der Waals surface area contributed by atoms with E-state index in [1.807, 2.05) is 17.9 Å². The molecule has 0 radical (unpaired) electrons. The topological polar surface area (TPSA) is 24.8 Å². The van der Waals surface area contributed by atoms with Gasteiger partial charge in [-0.25, -0.2) is 0 Å². The van der Waals surface area contributed by atoms with E-state index in [2.05, 4.69) is 11.7 Å². The third-order valence-electron chi connectivity index (χ3n) is 1.22. The summed E-state index contributed by atoms with van der Waals surface area (Å²) in [5, 5.41) is 3.62. The molecule has 1 aliphatic rings. The molecule has 0 aromatic heterocycles. The number of hydrogen-bond acceptors (Lipinski definition) is 3. The second-order valence-corrected chi connectivity index (χ2v) is 1.91. The minimum absolute atomic E-state index is 0.0722. The van der Waals surface area contributed by atoms with Crippen LogP contribution in [-0.4, -0.2) is 24.0 Å². The van der Waals surface area contributed by atoms with E-state index >= 15 is 0 Å². The smallest absolute Gasteiger partial charge is 0.198 e. The highest BCUT2D eigenvalue weighted by Crippen LogP contribution is 2.04. The predicted octanol–water partition coefficient (Wildman–Crippen LogP) is 0.794. The summed E-state index contributed by atoms with van der Waals surface area (Å²) in [6, 6.07) is 0. The summed E-state index contributed by atoms with van der Waals surface area (Å²) < 4.78 is 0. The molecule has 3 nitrogen and oxygen atoms in total. The van der Waals surface area contributed by atoms with Gasteiger partial charge in [-0.2, -0.15) is 0 Å². The average Bonchev–Trinajstić information content (AvgIpc) is 2.18. The lowest BCUT2D eigenvalue weighted by atomic mass is 10.5. The van der Waals surface area contributed by atoms with E-state index in [1.165, 1.54) is 0 Å². The van der Waals surface area contributed by atoms with Crippen LogP contribution in [0.5, 0.6) is 0 Å². The number of nitrogens with zero attached hydrogens (tertiary/aromatic N) is 2. The van der Waals surface area contributed by atoms with Crippen LogP contribution in [-0.2, 0) is 4.84 Å². The molecule has 3 heteroatoms. The normalized spacial score (nSPS) is 24.1. The fourth-order valence-corrected chi connectivity index (χ4v) is 0.675. The van der Waals surface area contributed by atoms with Crippen LogP contribution >= 0.6 is 0 Å². The molecule has 0 bridgehead atoms. The molecule has 1 rings (SSSR count). The fraction of sp³-hybridized carbons (Fsp3) is 0.500. The maximum Gasteiger partial charge on any atom is 0.198 e. The summed E-state index contributed by atoms with van der Waals surface area (Å²) in [7, 11) is 0. The first kappa shape index (κ1) is 6.13. The van der Waals surface area contributed by atoms with Gasteiger partial charge in [0.05, 0.1) is 0 Å². The molecular formula is C6H10N2O. The molecule has 0 aromatic carbocycles. The lowest BCUT2D eigenvalue weighted by Crippen LogP contribution is -2.27. The maximum absolute atomic E-state index is 4.87. The zero-order chi connectivity index (χ0) is 6.69. The first-order valence-electron chi connectivity index (χ1n) is 2.90. The molecule has 0 fully saturated rings. The molecular weight excluding hydrogens is 116 g/mol. The lowest BCUT2D eigenvalue weighted by Gasteiger charge is -2.14. The van der Waals surface area contributed by atoms with Crippen molar-refractivity contribution in [1.82, 2.24) is 4.90 Å². The Hall–Kier alpha value is -0.990. The summed E-state index contributed by atoms with van der Waals surface area (Å²) in [6.45, 7) is 6.34. The third-order valence-corrected chi connectivity index (χ3v) is 1.22. The van der Waals surface area contributed by atoms with Crippen molar-refractivity contribution in [3.05, 3.63) is 12.7 Å². The summed E-state index contributed by atoms with van der Waals surface area (Å²) in [4.78, 5) is 6.82. The van der Waals surface area contributed by atoms with Crippen molar-refractivity contribution < 1.29 is 4.84 Å². The van der Waals surface area contributed by atoms with Crippen molar-refractivity contribution in [2.24, 2.45) is 5.16 Å². The van der Waals surface area contributed by atoms with Crippen LogP contribution in [0.3, 0.4) is 0 Å². The predicted molar refractivity (Wildman–Crippen MR) is 35.9 cm³/mol. The van der Waals surface area contributed by atoms with Gasteiger partial charge in [-0.05, 0) is 6.92 Å².